The van der Waals surface area contributed by atoms with Gasteiger partial charge in [0.15, 0.2) is 5.17 Å². The van der Waals surface area contributed by atoms with Crippen LogP contribution in [0.5, 0.6) is 0 Å². The number of hydrogen-bond donors (Lipinski definition) is 0. The van der Waals surface area contributed by atoms with Crippen LogP contribution in [0.15, 0.2) is 35.3 Å². The van der Waals surface area contributed by atoms with Gasteiger partial charge in [-0.3, -0.25) is 0 Å². The van der Waals surface area contributed by atoms with Gasteiger partial charge in [0, 0.05) is 0 Å². The Morgan fingerprint density at radius 3 is 2.08 bits per heavy atom. The largest absolute Gasteiger partial charge is 0.243 e. The summed E-state index contributed by atoms with van der Waals surface area (Å²) < 4.78 is -1.66. The highest BCUT2D eigenvalue weighted by molar-refractivity contribution is 6.89. The van der Waals surface area contributed by atoms with Crippen molar-refractivity contribution in [2.24, 2.45) is 4.99 Å². The number of halogens is 4. The third kappa shape index (κ3) is 3.74. The highest BCUT2D eigenvalue weighted by Gasteiger charge is 2.26. The van der Waals surface area contributed by atoms with E-state index in [0.717, 1.165) is 0 Å². The van der Waals surface area contributed by atoms with Crippen LogP contribution < -0.4 is 0 Å². The number of nitrogens with zero attached hydrogens (tertiary/aromatic N) is 1. The summed E-state index contributed by atoms with van der Waals surface area (Å²) in [5.41, 5.74) is 0.652. The van der Waals surface area contributed by atoms with E-state index in [9.17, 15) is 0 Å². The molecule has 0 spiro atoms. The lowest BCUT2D eigenvalue weighted by atomic mass is 10.3. The van der Waals surface area contributed by atoms with Gasteiger partial charge in [0.2, 0.25) is 3.79 Å². The van der Waals surface area contributed by atoms with E-state index >= 15 is 0 Å². The Balaban J connectivity index is 2.90. The van der Waals surface area contributed by atoms with Crippen LogP contribution in [0.3, 0.4) is 0 Å². The molecular weight excluding hydrogens is 252 g/mol. The second-order valence-electron chi connectivity index (χ2n) is 2.24. The smallest absolute Gasteiger partial charge is 0.237 e. The molecule has 0 aliphatic heterocycles. The Morgan fingerprint density at radius 2 is 1.62 bits per heavy atom. The van der Waals surface area contributed by atoms with Crippen LogP contribution in [-0.4, -0.2) is 8.96 Å². The molecule has 0 aromatic heterocycles. The standard InChI is InChI=1S/C8H5Cl4N/c9-7(8(10,11)12)13-6-4-2-1-3-5-6/h1-5H. The molecule has 1 aromatic rings. The summed E-state index contributed by atoms with van der Waals surface area (Å²) in [4.78, 5) is 3.92. The maximum absolute atomic E-state index is 5.65. The molecule has 0 N–H and O–H groups in total. The first kappa shape index (κ1) is 11.1. The maximum atomic E-state index is 5.65. The number of benzene rings is 1. The molecule has 1 aromatic carbocycles. The van der Waals surface area contributed by atoms with Crippen molar-refractivity contribution in [3.8, 4) is 0 Å². The van der Waals surface area contributed by atoms with Gasteiger partial charge in [0.05, 0.1) is 5.69 Å². The van der Waals surface area contributed by atoms with Crippen molar-refractivity contribution < 1.29 is 0 Å². The van der Waals surface area contributed by atoms with Gasteiger partial charge in [-0.15, -0.1) is 0 Å². The molecule has 0 unspecified atom stereocenters. The van der Waals surface area contributed by atoms with Crippen molar-refractivity contribution in [3.05, 3.63) is 30.3 Å². The molecule has 5 heteroatoms. The molecule has 0 aliphatic carbocycles. The predicted molar refractivity (Wildman–Crippen MR) is 59.7 cm³/mol. The lowest BCUT2D eigenvalue weighted by Crippen LogP contribution is -2.11. The van der Waals surface area contributed by atoms with Crippen molar-refractivity contribution in [2.75, 3.05) is 0 Å². The fraction of sp³-hybridized carbons (Fsp3) is 0.125. The minimum Gasteiger partial charge on any atom is -0.237 e. The van der Waals surface area contributed by atoms with E-state index in [1.165, 1.54) is 0 Å². The van der Waals surface area contributed by atoms with Crippen LogP contribution in [0.2, 0.25) is 0 Å². The van der Waals surface area contributed by atoms with Gasteiger partial charge in [0.1, 0.15) is 0 Å². The second-order valence-corrected chi connectivity index (χ2v) is 4.88. The molecule has 0 aliphatic rings. The summed E-state index contributed by atoms with van der Waals surface area (Å²) in [6.07, 6.45) is 0. The number of rotatable bonds is 1. The minimum absolute atomic E-state index is 0.0660. The molecule has 0 saturated heterocycles. The Labute approximate surface area is 96.3 Å². The number of hydrogen-bond acceptors (Lipinski definition) is 1. The maximum Gasteiger partial charge on any atom is 0.243 e. The zero-order valence-corrected chi connectivity index (χ0v) is 9.37. The molecule has 0 amide bonds. The summed E-state index contributed by atoms with van der Waals surface area (Å²) >= 11 is 22.2. The minimum atomic E-state index is -1.66. The summed E-state index contributed by atoms with van der Waals surface area (Å²) in [7, 11) is 0. The number of alkyl halides is 3. The van der Waals surface area contributed by atoms with Gasteiger partial charge in [-0.25, -0.2) is 4.99 Å². The van der Waals surface area contributed by atoms with Crippen molar-refractivity contribution in [1.29, 1.82) is 0 Å². The van der Waals surface area contributed by atoms with Crippen LogP contribution in [0.1, 0.15) is 0 Å². The third-order valence-corrected chi connectivity index (χ3v) is 2.41. The quantitative estimate of drug-likeness (QED) is 0.524. The van der Waals surface area contributed by atoms with E-state index < -0.39 is 3.79 Å². The van der Waals surface area contributed by atoms with E-state index in [-0.39, 0.29) is 5.17 Å². The van der Waals surface area contributed by atoms with E-state index in [0.29, 0.717) is 5.69 Å². The molecule has 0 saturated carbocycles. The molecule has 0 fully saturated rings. The second kappa shape index (κ2) is 4.52. The summed E-state index contributed by atoms with van der Waals surface area (Å²) in [5, 5.41) is -0.0660. The first-order valence-electron chi connectivity index (χ1n) is 3.36. The Bertz CT molecular complexity index is 302. The number of para-hydroxylation sites is 1. The molecule has 0 heterocycles. The average Bonchev–Trinajstić information content (AvgIpc) is 2.04. The molecule has 13 heavy (non-hydrogen) atoms. The van der Waals surface area contributed by atoms with Crippen LogP contribution in [0.25, 0.3) is 0 Å². The van der Waals surface area contributed by atoms with Gasteiger partial charge in [-0.05, 0) is 12.1 Å². The van der Waals surface area contributed by atoms with Crippen LogP contribution in [-0.2, 0) is 0 Å². The normalized spacial score (nSPS) is 13.1. The van der Waals surface area contributed by atoms with Gasteiger partial charge in [-0.2, -0.15) is 0 Å². The van der Waals surface area contributed by atoms with Crippen molar-refractivity contribution >= 4 is 57.3 Å². The van der Waals surface area contributed by atoms with Gasteiger partial charge >= 0.3 is 0 Å². The first-order chi connectivity index (χ1) is 6.00. The monoisotopic (exact) mass is 255 g/mol. The molecule has 0 bridgehead atoms. The van der Waals surface area contributed by atoms with Crippen LogP contribution >= 0.6 is 46.4 Å². The van der Waals surface area contributed by atoms with Gasteiger partial charge in [-0.1, -0.05) is 64.6 Å². The van der Waals surface area contributed by atoms with E-state index in [1.54, 1.807) is 12.1 Å². The fourth-order valence-electron chi connectivity index (χ4n) is 0.679. The fourth-order valence-corrected chi connectivity index (χ4v) is 0.904. The van der Waals surface area contributed by atoms with Crippen molar-refractivity contribution in [2.45, 2.75) is 3.79 Å². The summed E-state index contributed by atoms with van der Waals surface area (Å²) in [5.74, 6) is 0. The van der Waals surface area contributed by atoms with E-state index in [2.05, 4.69) is 4.99 Å². The SMILES string of the molecule is ClC(=Nc1ccccc1)C(Cl)(Cl)Cl. The highest BCUT2D eigenvalue weighted by atomic mass is 35.6. The summed E-state index contributed by atoms with van der Waals surface area (Å²) in [6, 6.07) is 9.03. The van der Waals surface area contributed by atoms with Crippen LogP contribution in [0.4, 0.5) is 5.69 Å². The highest BCUT2D eigenvalue weighted by Crippen LogP contribution is 2.31. The average molecular weight is 257 g/mol. The topological polar surface area (TPSA) is 12.4 Å². The Kier molecular flexibility index (Phi) is 3.87. The lowest BCUT2D eigenvalue weighted by molar-refractivity contribution is 1.47. The molecule has 1 nitrogen and oxygen atoms in total. The van der Waals surface area contributed by atoms with E-state index in [4.69, 9.17) is 46.4 Å². The molecule has 70 valence electrons. The molecule has 0 atom stereocenters. The van der Waals surface area contributed by atoms with E-state index in [1.807, 2.05) is 18.2 Å². The van der Waals surface area contributed by atoms with Gasteiger partial charge in [0.25, 0.3) is 0 Å². The summed E-state index contributed by atoms with van der Waals surface area (Å²) in [6.45, 7) is 0. The molecular formula is C8H5Cl4N. The molecule has 1 rings (SSSR count). The third-order valence-electron chi connectivity index (χ3n) is 1.22. The Hall–Kier alpha value is 0.0500. The van der Waals surface area contributed by atoms with Crippen LogP contribution in [0, 0.1) is 0 Å². The first-order valence-corrected chi connectivity index (χ1v) is 4.88. The van der Waals surface area contributed by atoms with Gasteiger partial charge < -0.3 is 0 Å². The lowest BCUT2D eigenvalue weighted by Gasteiger charge is -2.07. The zero-order valence-electron chi connectivity index (χ0n) is 6.35. The Morgan fingerprint density at radius 1 is 1.08 bits per heavy atom. The molecule has 0 radical (unpaired) electrons. The number of aliphatic imine (C=N–C) groups is 1. The zero-order chi connectivity index (χ0) is 9.90. The predicted octanol–water partition coefficient (Wildman–Crippen LogP) is 4.33. The van der Waals surface area contributed by atoms with Crippen molar-refractivity contribution in [3.63, 3.8) is 0 Å². The van der Waals surface area contributed by atoms with Crippen molar-refractivity contribution in [1.82, 2.24) is 0 Å².